The van der Waals surface area contributed by atoms with E-state index in [0.717, 1.165) is 32.5 Å². The lowest BCUT2D eigenvalue weighted by Gasteiger charge is -2.15. The van der Waals surface area contributed by atoms with Gasteiger partial charge in [-0.2, -0.15) is 0 Å². The van der Waals surface area contributed by atoms with Gasteiger partial charge in [0.2, 0.25) is 0 Å². The number of aliphatic hydroxyl groups is 3. The fourth-order valence-corrected chi connectivity index (χ4v) is 1.97. The maximum absolute atomic E-state index is 8.70. The zero-order valence-electron chi connectivity index (χ0n) is 24.0. The van der Waals surface area contributed by atoms with Crippen LogP contribution in [0.2, 0.25) is 0 Å². The topological polar surface area (TPSA) is 116 Å². The van der Waals surface area contributed by atoms with Crippen molar-refractivity contribution in [3.63, 3.8) is 0 Å². The Morgan fingerprint density at radius 2 is 0.857 bits per heavy atom. The van der Waals surface area contributed by atoms with Gasteiger partial charge < -0.3 is 43.7 Å². The molecule has 0 bridgehead atoms. The number of hydrogen-bond acceptors (Lipinski definition) is 9. The van der Waals surface area contributed by atoms with Crippen LogP contribution >= 0.6 is 0 Å². The third-order valence-corrected chi connectivity index (χ3v) is 4.53. The standard InChI is InChI=1S/C10H22O3.C9H20O3.C7H16O3/c1-4-5-6-12-10(3)8-13-9(2)7-11;1-4-5-11-9(3)7-12-8(2)6-10;1-6(4-8)10-5-7(2)9-3/h9-11H,4-8H2,1-3H3;8-10H,4-7H2,1-3H3;6-8H,4-5H2,1-3H3. The molecule has 0 aliphatic rings. The van der Waals surface area contributed by atoms with Crippen LogP contribution in [0.5, 0.6) is 0 Å². The van der Waals surface area contributed by atoms with Gasteiger partial charge in [-0.25, -0.2) is 0 Å². The quantitative estimate of drug-likeness (QED) is 0.211. The van der Waals surface area contributed by atoms with E-state index in [-0.39, 0.29) is 56.4 Å². The van der Waals surface area contributed by atoms with Crippen LogP contribution in [0.15, 0.2) is 0 Å². The number of unbranched alkanes of at least 4 members (excludes halogenated alkanes) is 1. The molecule has 0 radical (unpaired) electrons. The molecular weight excluding hydrogens is 456 g/mol. The highest BCUT2D eigenvalue weighted by Crippen LogP contribution is 1.99. The molecule has 0 fully saturated rings. The van der Waals surface area contributed by atoms with Crippen molar-refractivity contribution in [2.24, 2.45) is 0 Å². The van der Waals surface area contributed by atoms with Crippen LogP contribution in [0.1, 0.15) is 74.7 Å². The SMILES string of the molecule is CCCCOC(C)COC(C)CO.CCCOC(C)COC(C)CO.COC(C)COC(C)CO. The van der Waals surface area contributed by atoms with Crippen LogP contribution in [0.3, 0.4) is 0 Å². The normalized spacial score (nSPS) is 16.1. The minimum atomic E-state index is -0.0859. The second kappa shape index (κ2) is 29.9. The summed E-state index contributed by atoms with van der Waals surface area (Å²) in [5.41, 5.74) is 0. The zero-order valence-corrected chi connectivity index (χ0v) is 24.0. The van der Waals surface area contributed by atoms with Gasteiger partial charge in [-0.1, -0.05) is 20.3 Å². The average molecular weight is 515 g/mol. The van der Waals surface area contributed by atoms with Gasteiger partial charge in [0.15, 0.2) is 0 Å². The van der Waals surface area contributed by atoms with Gasteiger partial charge in [-0.3, -0.25) is 0 Å². The van der Waals surface area contributed by atoms with E-state index >= 15 is 0 Å². The summed E-state index contributed by atoms with van der Waals surface area (Å²) in [5.74, 6) is 0. The molecule has 0 amide bonds. The fourth-order valence-electron chi connectivity index (χ4n) is 1.97. The first-order valence-electron chi connectivity index (χ1n) is 13.0. The molecule has 6 atom stereocenters. The van der Waals surface area contributed by atoms with Crippen molar-refractivity contribution in [1.29, 1.82) is 0 Å². The summed E-state index contributed by atoms with van der Waals surface area (Å²) in [6, 6.07) is 0. The van der Waals surface area contributed by atoms with Gasteiger partial charge in [0.25, 0.3) is 0 Å². The van der Waals surface area contributed by atoms with Crippen molar-refractivity contribution in [3.05, 3.63) is 0 Å². The summed E-state index contributed by atoms with van der Waals surface area (Å²) >= 11 is 0. The molecule has 0 aliphatic carbocycles. The molecule has 9 heteroatoms. The molecular formula is C26H58O9. The van der Waals surface area contributed by atoms with Gasteiger partial charge in [0, 0.05) is 20.3 Å². The number of hydrogen-bond donors (Lipinski definition) is 3. The van der Waals surface area contributed by atoms with Crippen LogP contribution in [0.4, 0.5) is 0 Å². The summed E-state index contributed by atoms with van der Waals surface area (Å²) in [4.78, 5) is 0. The lowest BCUT2D eigenvalue weighted by atomic mass is 10.3. The second-order valence-electron chi connectivity index (χ2n) is 8.74. The van der Waals surface area contributed by atoms with Crippen LogP contribution in [-0.4, -0.2) is 112 Å². The maximum Gasteiger partial charge on any atom is 0.0780 e. The maximum atomic E-state index is 8.70. The number of methoxy groups -OCH3 is 1. The molecule has 0 aromatic carbocycles. The predicted molar refractivity (Wildman–Crippen MR) is 140 cm³/mol. The van der Waals surface area contributed by atoms with Crippen molar-refractivity contribution < 1.29 is 43.7 Å². The minimum absolute atomic E-state index is 0.0659. The Balaban J connectivity index is -0.000000443. The van der Waals surface area contributed by atoms with Crippen molar-refractivity contribution >= 4 is 0 Å². The number of ether oxygens (including phenoxy) is 6. The molecule has 0 aromatic heterocycles. The van der Waals surface area contributed by atoms with Crippen molar-refractivity contribution in [2.45, 2.75) is 111 Å². The van der Waals surface area contributed by atoms with Gasteiger partial charge in [0.1, 0.15) is 0 Å². The molecule has 0 spiro atoms. The molecule has 216 valence electrons. The third kappa shape index (κ3) is 33.6. The molecule has 0 aromatic rings. The summed E-state index contributed by atoms with van der Waals surface area (Å²) < 4.78 is 31.5. The first kappa shape index (κ1) is 39.2. The molecule has 0 saturated carbocycles. The van der Waals surface area contributed by atoms with Gasteiger partial charge in [-0.05, 0) is 54.4 Å². The molecule has 0 aliphatic heterocycles. The van der Waals surface area contributed by atoms with Crippen molar-refractivity contribution in [2.75, 3.05) is 60.0 Å². The van der Waals surface area contributed by atoms with E-state index < -0.39 is 0 Å². The fraction of sp³-hybridized carbons (Fsp3) is 1.00. The molecule has 9 nitrogen and oxygen atoms in total. The monoisotopic (exact) mass is 514 g/mol. The van der Waals surface area contributed by atoms with Gasteiger partial charge in [-0.15, -0.1) is 0 Å². The highest BCUT2D eigenvalue weighted by Gasteiger charge is 2.06. The van der Waals surface area contributed by atoms with E-state index in [1.54, 1.807) is 7.11 Å². The summed E-state index contributed by atoms with van der Waals surface area (Å²) in [6.45, 7) is 19.0. The Morgan fingerprint density at radius 1 is 0.486 bits per heavy atom. The van der Waals surface area contributed by atoms with E-state index in [2.05, 4.69) is 13.8 Å². The van der Waals surface area contributed by atoms with E-state index in [1.807, 2.05) is 41.5 Å². The Bertz CT molecular complexity index is 378. The van der Waals surface area contributed by atoms with Gasteiger partial charge >= 0.3 is 0 Å². The first-order valence-corrected chi connectivity index (χ1v) is 13.0. The highest BCUT2D eigenvalue weighted by atomic mass is 16.5. The Labute approximate surface area is 215 Å². The number of aliphatic hydroxyl groups excluding tert-OH is 3. The van der Waals surface area contributed by atoms with Crippen LogP contribution in [0, 0.1) is 0 Å². The lowest BCUT2D eigenvalue weighted by molar-refractivity contribution is -0.0457. The largest absolute Gasteiger partial charge is 0.394 e. The lowest BCUT2D eigenvalue weighted by Crippen LogP contribution is -2.22. The molecule has 0 rings (SSSR count). The molecule has 6 unspecified atom stereocenters. The first-order chi connectivity index (χ1) is 16.6. The van der Waals surface area contributed by atoms with Crippen molar-refractivity contribution in [1.82, 2.24) is 0 Å². The molecule has 3 N–H and O–H groups in total. The second-order valence-corrected chi connectivity index (χ2v) is 8.74. The van der Waals surface area contributed by atoms with Crippen LogP contribution in [0.25, 0.3) is 0 Å². The van der Waals surface area contributed by atoms with Gasteiger partial charge in [0.05, 0.1) is 76.3 Å². The number of rotatable bonds is 20. The summed E-state index contributed by atoms with van der Waals surface area (Å²) in [5, 5.41) is 25.9. The van der Waals surface area contributed by atoms with Crippen LogP contribution < -0.4 is 0 Å². The summed E-state index contributed by atoms with van der Waals surface area (Å²) in [6.07, 6.45) is 3.38. The molecule has 0 heterocycles. The van der Waals surface area contributed by atoms with E-state index in [0.29, 0.717) is 19.8 Å². The Hall–Kier alpha value is -0.360. The van der Waals surface area contributed by atoms with E-state index in [1.165, 1.54) is 0 Å². The van der Waals surface area contributed by atoms with E-state index in [4.69, 9.17) is 43.7 Å². The Kier molecular flexibility index (Phi) is 33.4. The predicted octanol–water partition coefficient (Wildman–Crippen LogP) is 3.21. The zero-order chi connectivity index (χ0) is 27.5. The Morgan fingerprint density at radius 3 is 1.17 bits per heavy atom. The van der Waals surface area contributed by atoms with E-state index in [9.17, 15) is 0 Å². The smallest absolute Gasteiger partial charge is 0.0780 e. The third-order valence-electron chi connectivity index (χ3n) is 4.53. The molecule has 0 saturated heterocycles. The highest BCUT2D eigenvalue weighted by molar-refractivity contribution is 4.52. The average Bonchev–Trinajstić information content (AvgIpc) is 2.88. The van der Waals surface area contributed by atoms with Crippen molar-refractivity contribution in [3.8, 4) is 0 Å². The minimum Gasteiger partial charge on any atom is -0.394 e. The summed E-state index contributed by atoms with van der Waals surface area (Å²) in [7, 11) is 1.64. The van der Waals surface area contributed by atoms with Crippen LogP contribution in [-0.2, 0) is 28.4 Å². The molecule has 35 heavy (non-hydrogen) atoms.